The van der Waals surface area contributed by atoms with E-state index in [4.69, 9.17) is 26.4 Å². The number of hydrogen-bond donors (Lipinski definition) is 1. The van der Waals surface area contributed by atoms with Gasteiger partial charge in [0.1, 0.15) is 17.5 Å². The largest absolute Gasteiger partial charge is 0.497 e. The second kappa shape index (κ2) is 13.1. The molecule has 10 heteroatoms. The number of benzene rings is 3. The summed E-state index contributed by atoms with van der Waals surface area (Å²) >= 11 is 5.76. The van der Waals surface area contributed by atoms with Crippen LogP contribution in [0.4, 0.5) is 11.4 Å². The summed E-state index contributed by atoms with van der Waals surface area (Å²) in [7, 11) is 3.18. The smallest absolute Gasteiger partial charge is 0.338 e. The molecule has 3 aromatic rings. The van der Waals surface area contributed by atoms with Gasteiger partial charge in [-0.05, 0) is 91.8 Å². The highest BCUT2D eigenvalue weighted by atomic mass is 32.1. The zero-order chi connectivity index (χ0) is 28.6. The fraction of sp³-hybridized carbons (Fsp3) is 0.267. The van der Waals surface area contributed by atoms with E-state index in [1.54, 1.807) is 74.6 Å². The summed E-state index contributed by atoms with van der Waals surface area (Å²) in [5.41, 5.74) is 2.51. The van der Waals surface area contributed by atoms with E-state index in [0.29, 0.717) is 40.8 Å². The molecule has 0 aromatic heterocycles. The minimum Gasteiger partial charge on any atom is -0.497 e. The molecule has 0 bridgehead atoms. The van der Waals surface area contributed by atoms with Crippen LogP contribution in [0.2, 0.25) is 0 Å². The van der Waals surface area contributed by atoms with Crippen LogP contribution < -0.4 is 19.7 Å². The quantitative estimate of drug-likeness (QED) is 0.271. The van der Waals surface area contributed by atoms with E-state index in [9.17, 15) is 14.4 Å². The van der Waals surface area contributed by atoms with Crippen molar-refractivity contribution in [3.8, 4) is 11.5 Å². The normalized spacial score (nSPS) is 14.7. The number of rotatable bonds is 11. The van der Waals surface area contributed by atoms with Crippen LogP contribution in [0, 0.1) is 0 Å². The van der Waals surface area contributed by atoms with Crippen LogP contribution in [-0.4, -0.2) is 61.2 Å². The van der Waals surface area contributed by atoms with Gasteiger partial charge in [0.2, 0.25) is 5.91 Å². The monoisotopic (exact) mass is 561 g/mol. The van der Waals surface area contributed by atoms with Crippen molar-refractivity contribution in [1.82, 2.24) is 4.90 Å². The van der Waals surface area contributed by atoms with Crippen molar-refractivity contribution < 1.29 is 28.6 Å². The van der Waals surface area contributed by atoms with Gasteiger partial charge in [-0.2, -0.15) is 0 Å². The predicted molar refractivity (Wildman–Crippen MR) is 156 cm³/mol. The van der Waals surface area contributed by atoms with Gasteiger partial charge in [-0.15, -0.1) is 0 Å². The molecule has 1 fully saturated rings. The van der Waals surface area contributed by atoms with Crippen LogP contribution in [0.15, 0.2) is 72.8 Å². The van der Waals surface area contributed by atoms with E-state index in [1.165, 1.54) is 4.90 Å². The van der Waals surface area contributed by atoms with Crippen molar-refractivity contribution in [3.05, 3.63) is 83.9 Å². The number of amides is 2. The minimum absolute atomic E-state index is 0.0922. The predicted octanol–water partition coefficient (Wildman–Crippen LogP) is 4.45. The topological polar surface area (TPSA) is 97.4 Å². The number of esters is 1. The Balaban J connectivity index is 1.54. The van der Waals surface area contributed by atoms with Gasteiger partial charge in [-0.25, -0.2) is 4.79 Å². The molecule has 1 aliphatic heterocycles. The Morgan fingerprint density at radius 1 is 0.900 bits per heavy atom. The molecule has 1 saturated heterocycles. The Kier molecular flexibility index (Phi) is 9.34. The Bertz CT molecular complexity index is 1360. The van der Waals surface area contributed by atoms with Gasteiger partial charge in [0.25, 0.3) is 5.91 Å². The first-order valence-electron chi connectivity index (χ1n) is 12.8. The number of hydrogen-bond acceptors (Lipinski definition) is 7. The van der Waals surface area contributed by atoms with E-state index in [1.807, 2.05) is 24.3 Å². The van der Waals surface area contributed by atoms with Crippen LogP contribution in [0.25, 0.3) is 0 Å². The second-order valence-electron chi connectivity index (χ2n) is 9.01. The lowest BCUT2D eigenvalue weighted by molar-refractivity contribution is -0.124. The molecule has 40 heavy (non-hydrogen) atoms. The van der Waals surface area contributed by atoms with Crippen molar-refractivity contribution in [2.75, 3.05) is 37.6 Å². The van der Waals surface area contributed by atoms with E-state index >= 15 is 0 Å². The number of carbonyl (C=O) groups excluding carboxylic acids is 3. The number of carbonyl (C=O) groups is 3. The highest BCUT2D eigenvalue weighted by molar-refractivity contribution is 7.80. The Hall–Kier alpha value is -4.44. The van der Waals surface area contributed by atoms with E-state index in [-0.39, 0.29) is 24.8 Å². The van der Waals surface area contributed by atoms with E-state index in [0.717, 1.165) is 11.3 Å². The lowest BCUT2D eigenvalue weighted by Crippen LogP contribution is -2.39. The van der Waals surface area contributed by atoms with Crippen molar-refractivity contribution in [3.63, 3.8) is 0 Å². The zero-order valence-electron chi connectivity index (χ0n) is 22.6. The minimum atomic E-state index is -0.797. The van der Waals surface area contributed by atoms with Gasteiger partial charge in [0.15, 0.2) is 5.11 Å². The summed E-state index contributed by atoms with van der Waals surface area (Å²) in [6.45, 7) is 2.42. The summed E-state index contributed by atoms with van der Waals surface area (Å²) in [4.78, 5) is 42.0. The maximum atomic E-state index is 13.7. The first kappa shape index (κ1) is 28.6. The van der Waals surface area contributed by atoms with E-state index < -0.39 is 12.0 Å². The van der Waals surface area contributed by atoms with Gasteiger partial charge in [0.05, 0.1) is 38.5 Å². The van der Waals surface area contributed by atoms with Crippen molar-refractivity contribution >= 4 is 46.5 Å². The highest BCUT2D eigenvalue weighted by Crippen LogP contribution is 2.28. The maximum Gasteiger partial charge on any atom is 0.338 e. The SMILES string of the molecule is CCOC(=O)c1ccc(N2C(=O)[C@H](CC(=O)Nc3ccc(OC)cc3)N(CCc3ccc(OC)cc3)C2=S)cc1. The Labute approximate surface area is 238 Å². The van der Waals surface area contributed by atoms with Crippen LogP contribution in [-0.2, 0) is 20.7 Å². The standard InChI is InChI=1S/C30H31N3O6S/c1-4-39-29(36)21-7-11-23(12-8-21)33-28(35)26(19-27(34)31-22-9-15-25(38-3)16-10-22)32(30(33)40)18-17-20-5-13-24(37-2)14-6-20/h5-16,26H,4,17-19H2,1-3H3,(H,31,34)/t26-/m0/s1. The third kappa shape index (κ3) is 6.58. The number of methoxy groups -OCH3 is 2. The number of thiocarbonyl (C=S) groups is 1. The Morgan fingerprint density at radius 3 is 2.08 bits per heavy atom. The first-order valence-corrected chi connectivity index (χ1v) is 13.2. The molecule has 9 nitrogen and oxygen atoms in total. The fourth-order valence-corrected chi connectivity index (χ4v) is 4.80. The number of anilines is 2. The summed E-state index contributed by atoms with van der Waals surface area (Å²) in [6.07, 6.45) is 0.509. The molecule has 3 aromatic carbocycles. The number of nitrogens with one attached hydrogen (secondary N) is 1. The molecule has 4 rings (SSSR count). The van der Waals surface area contributed by atoms with Crippen LogP contribution in [0.1, 0.15) is 29.3 Å². The third-order valence-electron chi connectivity index (χ3n) is 6.51. The molecule has 0 aliphatic carbocycles. The maximum absolute atomic E-state index is 13.7. The van der Waals surface area contributed by atoms with Gasteiger partial charge >= 0.3 is 5.97 Å². The summed E-state index contributed by atoms with van der Waals surface area (Å²) in [6, 6.07) is 20.3. The van der Waals surface area contributed by atoms with Gasteiger partial charge < -0.3 is 24.4 Å². The summed E-state index contributed by atoms with van der Waals surface area (Å²) in [5, 5.41) is 3.14. The molecular weight excluding hydrogens is 530 g/mol. The number of ether oxygens (including phenoxy) is 3. The van der Waals surface area contributed by atoms with Crippen LogP contribution >= 0.6 is 12.2 Å². The highest BCUT2D eigenvalue weighted by Gasteiger charge is 2.44. The molecule has 1 heterocycles. The zero-order valence-corrected chi connectivity index (χ0v) is 23.4. The van der Waals surface area contributed by atoms with Crippen molar-refractivity contribution in [1.29, 1.82) is 0 Å². The van der Waals surface area contributed by atoms with Crippen molar-refractivity contribution in [2.45, 2.75) is 25.8 Å². The van der Waals surface area contributed by atoms with Crippen molar-refractivity contribution in [2.24, 2.45) is 0 Å². The molecule has 0 spiro atoms. The van der Waals surface area contributed by atoms with E-state index in [2.05, 4.69) is 5.32 Å². The summed E-state index contributed by atoms with van der Waals surface area (Å²) < 4.78 is 15.5. The van der Waals surface area contributed by atoms with Gasteiger partial charge in [-0.3, -0.25) is 14.5 Å². The van der Waals surface area contributed by atoms with Gasteiger partial charge in [-0.1, -0.05) is 12.1 Å². The van der Waals surface area contributed by atoms with Gasteiger partial charge in [0, 0.05) is 12.2 Å². The lowest BCUT2D eigenvalue weighted by Gasteiger charge is -2.24. The lowest BCUT2D eigenvalue weighted by atomic mass is 10.1. The summed E-state index contributed by atoms with van der Waals surface area (Å²) in [5.74, 6) is 0.345. The fourth-order valence-electron chi connectivity index (χ4n) is 4.39. The van der Waals surface area contributed by atoms with Crippen LogP contribution in [0.3, 0.4) is 0 Å². The Morgan fingerprint density at radius 2 is 1.50 bits per heavy atom. The molecular formula is C30H31N3O6S. The molecule has 0 unspecified atom stereocenters. The molecule has 2 amide bonds. The number of nitrogens with zero attached hydrogens (tertiary/aromatic N) is 2. The first-order chi connectivity index (χ1) is 19.3. The molecule has 0 saturated carbocycles. The third-order valence-corrected chi connectivity index (χ3v) is 6.93. The average Bonchev–Trinajstić information content (AvgIpc) is 3.20. The molecule has 208 valence electrons. The molecule has 1 atom stereocenters. The average molecular weight is 562 g/mol. The molecule has 0 radical (unpaired) electrons. The second-order valence-corrected chi connectivity index (χ2v) is 9.38. The molecule has 1 N–H and O–H groups in total. The molecule has 1 aliphatic rings. The van der Waals surface area contributed by atoms with Crippen LogP contribution in [0.5, 0.6) is 11.5 Å².